The number of H-pyrrole nitrogens is 1. The summed E-state index contributed by atoms with van der Waals surface area (Å²) in [5.74, 6) is 2.99. The fourth-order valence-electron chi connectivity index (χ4n) is 3.68. The number of fused-ring (bicyclic) bond motifs is 2. The van der Waals surface area contributed by atoms with E-state index in [0.29, 0.717) is 22.3 Å². The number of nitrogens with one attached hydrogen (secondary N) is 2. The molecule has 1 aliphatic rings. The van der Waals surface area contributed by atoms with Gasteiger partial charge < -0.3 is 9.64 Å². The third-order valence-corrected chi connectivity index (χ3v) is 6.81. The van der Waals surface area contributed by atoms with E-state index in [1.807, 2.05) is 0 Å². The topological polar surface area (TPSA) is 117 Å². The van der Waals surface area contributed by atoms with Crippen molar-refractivity contribution in [2.24, 2.45) is 0 Å². The minimum Gasteiger partial charge on any atom is -0.490 e. The molecule has 0 atom stereocenters. The van der Waals surface area contributed by atoms with Gasteiger partial charge in [-0.3, -0.25) is 14.6 Å². The van der Waals surface area contributed by atoms with Crippen molar-refractivity contribution in [3.8, 4) is 17.6 Å². The molecule has 5 rings (SSSR count). The van der Waals surface area contributed by atoms with Crippen LogP contribution in [0.3, 0.4) is 0 Å². The number of amides is 1. The first-order valence-corrected chi connectivity index (χ1v) is 12.1. The Morgan fingerprint density at radius 2 is 2.00 bits per heavy atom. The highest BCUT2D eigenvalue weighted by atomic mass is 32.2. The van der Waals surface area contributed by atoms with Crippen LogP contribution in [0.25, 0.3) is 11.0 Å². The number of hydrogen-bond donors (Lipinski definition) is 2. The number of halogens is 2. The number of ether oxygens (including phenoxy) is 1. The normalized spacial score (nSPS) is 12.9. The summed E-state index contributed by atoms with van der Waals surface area (Å²) >= 11 is 0. The van der Waals surface area contributed by atoms with Gasteiger partial charge >= 0.3 is 0 Å². The smallest absolute Gasteiger partial charge is 0.262 e. The molecule has 1 amide bonds. The Morgan fingerprint density at radius 3 is 2.81 bits per heavy atom. The lowest BCUT2D eigenvalue weighted by atomic mass is 10.1. The summed E-state index contributed by atoms with van der Waals surface area (Å²) in [6.07, 6.45) is 2.95. The van der Waals surface area contributed by atoms with Crippen molar-refractivity contribution in [1.82, 2.24) is 15.2 Å². The van der Waals surface area contributed by atoms with Crippen molar-refractivity contribution in [2.45, 2.75) is 11.8 Å². The second-order valence-corrected chi connectivity index (χ2v) is 9.50. The molecule has 36 heavy (non-hydrogen) atoms. The monoisotopic (exact) mass is 509 g/mol. The summed E-state index contributed by atoms with van der Waals surface area (Å²) in [6, 6.07) is 7.48. The molecule has 0 bridgehead atoms. The maximum atomic E-state index is 15.2. The zero-order chi connectivity index (χ0) is 25.4. The lowest BCUT2D eigenvalue weighted by molar-refractivity contribution is -0.116. The molecule has 4 aromatic rings. The van der Waals surface area contributed by atoms with Crippen molar-refractivity contribution in [2.75, 3.05) is 22.8 Å². The fourth-order valence-corrected chi connectivity index (χ4v) is 4.76. The van der Waals surface area contributed by atoms with Crippen LogP contribution in [0, 0.1) is 23.5 Å². The molecule has 2 aromatic carbocycles. The highest BCUT2D eigenvalue weighted by Crippen LogP contribution is 2.34. The Kier molecular flexibility index (Phi) is 5.77. The lowest BCUT2D eigenvalue weighted by Crippen LogP contribution is -2.36. The van der Waals surface area contributed by atoms with E-state index in [9.17, 15) is 17.6 Å². The number of benzene rings is 2. The molecule has 0 aliphatic carbocycles. The molecule has 3 heterocycles. The molecular formula is C24H17F2N5O4S. The predicted octanol–water partition coefficient (Wildman–Crippen LogP) is 3.18. The van der Waals surface area contributed by atoms with Gasteiger partial charge in [0.15, 0.2) is 11.5 Å². The molecule has 0 saturated heterocycles. The Balaban J connectivity index is 1.47. The molecule has 0 fully saturated rings. The summed E-state index contributed by atoms with van der Waals surface area (Å²) in [5, 5.41) is 7.20. The number of rotatable bonds is 3. The van der Waals surface area contributed by atoms with Gasteiger partial charge in [0, 0.05) is 24.1 Å². The maximum Gasteiger partial charge on any atom is 0.262 e. The first-order chi connectivity index (χ1) is 17.2. The number of anilines is 2. The molecule has 2 N–H and O–H groups in total. The van der Waals surface area contributed by atoms with Crippen LogP contribution in [-0.4, -0.2) is 42.7 Å². The van der Waals surface area contributed by atoms with Gasteiger partial charge in [-0.15, -0.1) is 0 Å². The van der Waals surface area contributed by atoms with E-state index in [2.05, 4.69) is 31.7 Å². The number of carbonyl (C=O) groups excluding carboxylic acids is 1. The van der Waals surface area contributed by atoms with Crippen molar-refractivity contribution < 1.29 is 26.7 Å². The van der Waals surface area contributed by atoms with Crippen LogP contribution in [0.15, 0.2) is 53.7 Å². The second-order valence-electron chi connectivity index (χ2n) is 7.82. The summed E-state index contributed by atoms with van der Waals surface area (Å²) in [6.45, 7) is 1.89. The van der Waals surface area contributed by atoms with Crippen LogP contribution in [0.2, 0.25) is 0 Å². The minimum atomic E-state index is -4.31. The number of aromatic nitrogens is 3. The fraction of sp³-hybridized carbons (Fsp3) is 0.125. The van der Waals surface area contributed by atoms with Gasteiger partial charge in [0.05, 0.1) is 34.6 Å². The van der Waals surface area contributed by atoms with E-state index < -0.39 is 32.9 Å². The largest absolute Gasteiger partial charge is 0.490 e. The van der Waals surface area contributed by atoms with Crippen LogP contribution >= 0.6 is 0 Å². The molecule has 0 radical (unpaired) electrons. The van der Waals surface area contributed by atoms with Crippen molar-refractivity contribution in [1.29, 1.82) is 0 Å². The molecule has 12 heteroatoms. The van der Waals surface area contributed by atoms with Crippen molar-refractivity contribution in [3.63, 3.8) is 0 Å². The second kappa shape index (κ2) is 8.94. The van der Waals surface area contributed by atoms with E-state index in [-0.39, 0.29) is 29.6 Å². The Morgan fingerprint density at radius 1 is 1.17 bits per heavy atom. The quantitative estimate of drug-likeness (QED) is 0.410. The van der Waals surface area contributed by atoms with E-state index in [1.165, 1.54) is 42.4 Å². The van der Waals surface area contributed by atoms with E-state index in [4.69, 9.17) is 4.74 Å². The van der Waals surface area contributed by atoms with Crippen molar-refractivity contribution >= 4 is 38.3 Å². The van der Waals surface area contributed by atoms with Gasteiger partial charge in [-0.2, -0.15) is 5.10 Å². The number of aromatic amines is 1. The number of sulfonamides is 1. The molecule has 182 valence electrons. The summed E-state index contributed by atoms with van der Waals surface area (Å²) in [4.78, 5) is 17.2. The van der Waals surface area contributed by atoms with Gasteiger partial charge in [0.25, 0.3) is 10.0 Å². The number of carbonyl (C=O) groups is 1. The van der Waals surface area contributed by atoms with Gasteiger partial charge in [0.1, 0.15) is 18.2 Å². The number of hydrogen-bond acceptors (Lipinski definition) is 6. The summed E-state index contributed by atoms with van der Waals surface area (Å²) < 4.78 is 63.2. The van der Waals surface area contributed by atoms with Crippen LogP contribution in [0.4, 0.5) is 20.2 Å². The first kappa shape index (κ1) is 23.3. The zero-order valence-corrected chi connectivity index (χ0v) is 19.5. The molecule has 0 spiro atoms. The Bertz CT molecular complexity index is 1690. The summed E-state index contributed by atoms with van der Waals surface area (Å²) in [7, 11) is -4.31. The van der Waals surface area contributed by atoms with E-state index in [1.54, 1.807) is 6.07 Å². The third-order valence-electron chi connectivity index (χ3n) is 5.44. The molecule has 0 unspecified atom stereocenters. The third kappa shape index (κ3) is 4.32. The van der Waals surface area contributed by atoms with Gasteiger partial charge in [0.2, 0.25) is 5.91 Å². The van der Waals surface area contributed by atoms with Crippen molar-refractivity contribution in [3.05, 3.63) is 71.6 Å². The molecular weight excluding hydrogens is 492 g/mol. The van der Waals surface area contributed by atoms with Gasteiger partial charge in [-0.25, -0.2) is 22.2 Å². The molecule has 1 aliphatic heterocycles. The standard InChI is InChI=1S/C24H17F2N5O4S/c1-14(32)31-8-9-35-22-7-3-17(11-21(22)31)36(33,34)30-20-6-5-19(25)18(23(20)26)4-2-15-10-16-13-28-29-24(16)27-12-15/h3,5-7,10-13,30H,8-9H2,1H3,(H,27,28,29). The van der Waals surface area contributed by atoms with E-state index in [0.717, 1.165) is 12.1 Å². The minimum absolute atomic E-state index is 0.228. The van der Waals surface area contributed by atoms with Crippen LogP contribution < -0.4 is 14.4 Å². The zero-order valence-electron chi connectivity index (χ0n) is 18.7. The highest BCUT2D eigenvalue weighted by Gasteiger charge is 2.25. The molecule has 2 aromatic heterocycles. The predicted molar refractivity (Wildman–Crippen MR) is 127 cm³/mol. The number of pyridine rings is 1. The highest BCUT2D eigenvalue weighted by molar-refractivity contribution is 7.92. The Labute approximate surface area is 204 Å². The van der Waals surface area contributed by atoms with Gasteiger partial charge in [-0.05, 0) is 36.4 Å². The number of nitrogens with zero attached hydrogens (tertiary/aromatic N) is 3. The average molecular weight is 509 g/mol. The molecule has 0 saturated carbocycles. The summed E-state index contributed by atoms with van der Waals surface area (Å²) in [5.41, 5.74) is 0.117. The average Bonchev–Trinajstić information content (AvgIpc) is 3.33. The lowest BCUT2D eigenvalue weighted by Gasteiger charge is -2.29. The maximum absolute atomic E-state index is 15.2. The van der Waals surface area contributed by atoms with Crippen LogP contribution in [0.5, 0.6) is 5.75 Å². The van der Waals surface area contributed by atoms with E-state index >= 15 is 4.39 Å². The first-order valence-electron chi connectivity index (χ1n) is 10.6. The van der Waals surface area contributed by atoms with Gasteiger partial charge in [-0.1, -0.05) is 11.8 Å². The van der Waals surface area contributed by atoms with Crippen LogP contribution in [-0.2, 0) is 14.8 Å². The Hall–Kier alpha value is -4.50. The SMILES string of the molecule is CC(=O)N1CCOc2ccc(S(=O)(=O)Nc3ccc(F)c(C#Cc4cnc5[nH]ncc5c4)c3F)cc21. The van der Waals surface area contributed by atoms with Crippen LogP contribution in [0.1, 0.15) is 18.1 Å². The molecule has 9 nitrogen and oxygen atoms in total.